The number of rotatable bonds is 3. The fourth-order valence-electron chi connectivity index (χ4n) is 3.59. The lowest BCUT2D eigenvalue weighted by molar-refractivity contribution is 0.0160. The van der Waals surface area contributed by atoms with Crippen LogP contribution in [0, 0.1) is 0 Å². The molecular formula is C16H26N4O2. The minimum absolute atomic E-state index is 0.0334. The number of aryl methyl sites for hydroxylation is 1. The highest BCUT2D eigenvalue weighted by molar-refractivity contribution is 5.75. The van der Waals surface area contributed by atoms with Crippen LogP contribution in [0.5, 0.6) is 0 Å². The summed E-state index contributed by atoms with van der Waals surface area (Å²) in [4.78, 5) is 14.5. The van der Waals surface area contributed by atoms with Crippen LogP contribution in [0.2, 0.25) is 0 Å². The summed E-state index contributed by atoms with van der Waals surface area (Å²) in [5.41, 5.74) is 2.43. The first-order valence-electron chi connectivity index (χ1n) is 8.37. The molecule has 1 saturated heterocycles. The molecule has 2 amide bonds. The van der Waals surface area contributed by atoms with Gasteiger partial charge in [0.15, 0.2) is 0 Å². The molecule has 6 nitrogen and oxygen atoms in total. The molecule has 3 rings (SSSR count). The molecule has 1 fully saturated rings. The van der Waals surface area contributed by atoms with Gasteiger partial charge in [-0.2, -0.15) is 5.10 Å². The normalized spacial score (nSPS) is 24.9. The quantitative estimate of drug-likeness (QED) is 0.929. The maximum Gasteiger partial charge on any atom is 0.317 e. The molecule has 0 bridgehead atoms. The Morgan fingerprint density at radius 3 is 3.14 bits per heavy atom. The summed E-state index contributed by atoms with van der Waals surface area (Å²) >= 11 is 0. The van der Waals surface area contributed by atoms with Crippen molar-refractivity contribution in [1.82, 2.24) is 20.0 Å². The fraction of sp³-hybridized carbons (Fsp3) is 0.750. The average Bonchev–Trinajstić information content (AvgIpc) is 2.91. The Balaban J connectivity index is 1.62. The third-order valence-electron chi connectivity index (χ3n) is 4.74. The number of amides is 2. The van der Waals surface area contributed by atoms with Crippen molar-refractivity contribution in [2.45, 2.75) is 51.2 Å². The Morgan fingerprint density at radius 2 is 2.32 bits per heavy atom. The zero-order valence-corrected chi connectivity index (χ0v) is 13.5. The Kier molecular flexibility index (Phi) is 4.66. The first-order valence-corrected chi connectivity index (χ1v) is 8.37. The highest BCUT2D eigenvalue weighted by atomic mass is 16.5. The number of fused-ring (bicyclic) bond motifs is 1. The summed E-state index contributed by atoms with van der Waals surface area (Å²) < 4.78 is 7.61. The third-order valence-corrected chi connectivity index (χ3v) is 4.74. The molecular weight excluding hydrogens is 280 g/mol. The number of piperidine rings is 1. The van der Waals surface area contributed by atoms with E-state index in [2.05, 4.69) is 10.4 Å². The Labute approximate surface area is 131 Å². The number of urea groups is 1. The van der Waals surface area contributed by atoms with Crippen LogP contribution in [0.25, 0.3) is 0 Å². The molecule has 1 aromatic heterocycles. The number of nitrogens with zero attached hydrogens (tertiary/aromatic N) is 3. The number of aromatic nitrogens is 2. The number of hydrogen-bond acceptors (Lipinski definition) is 3. The van der Waals surface area contributed by atoms with Gasteiger partial charge in [0.1, 0.15) is 0 Å². The monoisotopic (exact) mass is 306 g/mol. The third kappa shape index (κ3) is 3.11. The van der Waals surface area contributed by atoms with Crippen molar-refractivity contribution in [2.24, 2.45) is 7.05 Å². The van der Waals surface area contributed by atoms with Crippen LogP contribution in [0.15, 0.2) is 6.20 Å². The van der Waals surface area contributed by atoms with Gasteiger partial charge >= 0.3 is 6.03 Å². The van der Waals surface area contributed by atoms with Crippen molar-refractivity contribution in [1.29, 1.82) is 0 Å². The standard InChI is InChI=1S/C16H26N4O2/c1-3-22-12-6-5-9-20(11-12)16(21)18-14-7-4-8-15-13(14)10-17-19(15)2/h10,12,14H,3-9,11H2,1-2H3,(H,18,21)/t12-,14+/m0/s1. The molecule has 0 aromatic carbocycles. The van der Waals surface area contributed by atoms with Crippen molar-refractivity contribution in [3.05, 3.63) is 17.5 Å². The number of ether oxygens (including phenoxy) is 1. The second-order valence-electron chi connectivity index (χ2n) is 6.23. The van der Waals surface area contributed by atoms with Gasteiger partial charge in [-0.3, -0.25) is 4.68 Å². The van der Waals surface area contributed by atoms with Crippen LogP contribution >= 0.6 is 0 Å². The van der Waals surface area contributed by atoms with Crippen molar-refractivity contribution in [3.8, 4) is 0 Å². The summed E-state index contributed by atoms with van der Waals surface area (Å²) in [7, 11) is 1.97. The largest absolute Gasteiger partial charge is 0.377 e. The van der Waals surface area contributed by atoms with Crippen LogP contribution in [0.3, 0.4) is 0 Å². The van der Waals surface area contributed by atoms with Crippen molar-refractivity contribution >= 4 is 6.03 Å². The van der Waals surface area contributed by atoms with Gasteiger partial charge in [-0.25, -0.2) is 4.79 Å². The zero-order chi connectivity index (χ0) is 15.5. The van der Waals surface area contributed by atoms with E-state index in [1.54, 1.807) is 0 Å². The van der Waals surface area contributed by atoms with Crippen LogP contribution in [-0.4, -0.2) is 46.5 Å². The molecule has 1 aliphatic heterocycles. The summed E-state index contributed by atoms with van der Waals surface area (Å²) in [6.45, 7) is 4.24. The summed E-state index contributed by atoms with van der Waals surface area (Å²) in [6.07, 6.45) is 7.29. The first kappa shape index (κ1) is 15.3. The van der Waals surface area contributed by atoms with Gasteiger partial charge in [-0.1, -0.05) is 0 Å². The smallest absolute Gasteiger partial charge is 0.317 e. The van der Waals surface area contributed by atoms with Crippen LogP contribution in [0.4, 0.5) is 4.79 Å². The molecule has 2 aliphatic rings. The zero-order valence-electron chi connectivity index (χ0n) is 13.5. The molecule has 0 saturated carbocycles. The Bertz CT molecular complexity index is 526. The van der Waals surface area contributed by atoms with Crippen LogP contribution in [-0.2, 0) is 18.2 Å². The summed E-state index contributed by atoms with van der Waals surface area (Å²) in [6, 6.07) is 0.128. The number of hydrogen-bond donors (Lipinski definition) is 1. The van der Waals surface area contributed by atoms with E-state index >= 15 is 0 Å². The molecule has 2 atom stereocenters. The van der Waals surface area contributed by atoms with E-state index in [-0.39, 0.29) is 18.2 Å². The maximum atomic E-state index is 12.6. The van der Waals surface area contributed by atoms with Gasteiger partial charge in [0, 0.05) is 38.0 Å². The molecule has 2 heterocycles. The van der Waals surface area contributed by atoms with E-state index in [9.17, 15) is 4.79 Å². The second-order valence-corrected chi connectivity index (χ2v) is 6.23. The highest BCUT2D eigenvalue weighted by Crippen LogP contribution is 2.29. The lowest BCUT2D eigenvalue weighted by atomic mass is 9.93. The number of carbonyl (C=O) groups is 1. The molecule has 1 aromatic rings. The summed E-state index contributed by atoms with van der Waals surface area (Å²) in [5, 5.41) is 7.54. The molecule has 6 heteroatoms. The van der Waals surface area contributed by atoms with Gasteiger partial charge in [-0.15, -0.1) is 0 Å². The molecule has 0 radical (unpaired) electrons. The maximum absolute atomic E-state index is 12.6. The minimum Gasteiger partial charge on any atom is -0.377 e. The van der Waals surface area contributed by atoms with Gasteiger partial charge in [0.25, 0.3) is 0 Å². The molecule has 0 unspecified atom stereocenters. The molecule has 122 valence electrons. The van der Waals surface area contributed by atoms with E-state index in [0.717, 1.165) is 38.6 Å². The van der Waals surface area contributed by atoms with Gasteiger partial charge in [-0.05, 0) is 39.0 Å². The molecule has 1 aliphatic carbocycles. The highest BCUT2D eigenvalue weighted by Gasteiger charge is 2.28. The Morgan fingerprint density at radius 1 is 1.45 bits per heavy atom. The first-order chi connectivity index (χ1) is 10.7. The van der Waals surface area contributed by atoms with Gasteiger partial charge in [0.2, 0.25) is 0 Å². The number of carbonyl (C=O) groups excluding carboxylic acids is 1. The average molecular weight is 306 g/mol. The van der Waals surface area contributed by atoms with E-state index in [1.807, 2.05) is 29.7 Å². The SMILES string of the molecule is CCO[C@H]1CCCN(C(=O)N[C@@H]2CCCc3c2cnn3C)C1. The lowest BCUT2D eigenvalue weighted by Gasteiger charge is -2.34. The predicted molar refractivity (Wildman–Crippen MR) is 83.6 cm³/mol. The van der Waals surface area contributed by atoms with Crippen LogP contribution in [0.1, 0.15) is 49.9 Å². The second kappa shape index (κ2) is 6.69. The van der Waals surface area contributed by atoms with E-state index in [1.165, 1.54) is 11.3 Å². The summed E-state index contributed by atoms with van der Waals surface area (Å²) in [5.74, 6) is 0. The van der Waals surface area contributed by atoms with E-state index < -0.39 is 0 Å². The van der Waals surface area contributed by atoms with E-state index in [4.69, 9.17) is 4.74 Å². The van der Waals surface area contributed by atoms with Gasteiger partial charge < -0.3 is 15.0 Å². The molecule has 0 spiro atoms. The van der Waals surface area contributed by atoms with E-state index in [0.29, 0.717) is 13.2 Å². The lowest BCUT2D eigenvalue weighted by Crippen LogP contribution is -2.48. The molecule has 22 heavy (non-hydrogen) atoms. The Hall–Kier alpha value is -1.56. The van der Waals surface area contributed by atoms with Crippen molar-refractivity contribution in [3.63, 3.8) is 0 Å². The van der Waals surface area contributed by atoms with Crippen LogP contribution < -0.4 is 5.32 Å². The van der Waals surface area contributed by atoms with Crippen molar-refractivity contribution in [2.75, 3.05) is 19.7 Å². The van der Waals surface area contributed by atoms with Crippen molar-refractivity contribution < 1.29 is 9.53 Å². The fourth-order valence-corrected chi connectivity index (χ4v) is 3.59. The topological polar surface area (TPSA) is 59.4 Å². The van der Waals surface area contributed by atoms with Gasteiger partial charge in [0.05, 0.1) is 18.3 Å². The number of nitrogens with one attached hydrogen (secondary N) is 1. The number of likely N-dealkylation sites (tertiary alicyclic amines) is 1. The minimum atomic E-state index is 0.0334. The molecule has 1 N–H and O–H groups in total. The predicted octanol–water partition coefficient (Wildman–Crippen LogP) is 2.01.